The van der Waals surface area contributed by atoms with E-state index in [4.69, 9.17) is 10.5 Å². The summed E-state index contributed by atoms with van der Waals surface area (Å²) in [7, 11) is 0. The van der Waals surface area contributed by atoms with E-state index in [-0.39, 0.29) is 30.3 Å². The van der Waals surface area contributed by atoms with E-state index in [2.05, 4.69) is 10.1 Å². The molecule has 1 aromatic carbocycles. The highest BCUT2D eigenvalue weighted by Crippen LogP contribution is 2.26. The molecule has 1 saturated heterocycles. The van der Waals surface area contributed by atoms with E-state index in [1.54, 1.807) is 11.0 Å². The number of piperidine rings is 1. The molecule has 144 valence electrons. The van der Waals surface area contributed by atoms with Crippen molar-refractivity contribution in [2.75, 3.05) is 13.1 Å². The molecule has 1 fully saturated rings. The third kappa shape index (κ3) is 5.54. The topological polar surface area (TPSA) is 103 Å². The quantitative estimate of drug-likeness (QED) is 0.752. The van der Waals surface area contributed by atoms with Crippen LogP contribution in [0.5, 0.6) is 5.75 Å². The maximum absolute atomic E-state index is 12.5. The maximum atomic E-state index is 12.5. The van der Waals surface area contributed by atoms with Crippen LogP contribution in [0.2, 0.25) is 0 Å². The van der Waals surface area contributed by atoms with Gasteiger partial charge in [-0.25, -0.2) is 4.98 Å². The normalized spacial score (nSPS) is 19.6. The lowest BCUT2D eigenvalue weighted by Gasteiger charge is -2.38. The molecule has 0 radical (unpaired) electrons. The fourth-order valence-corrected chi connectivity index (χ4v) is 3.42. The molecule has 2 N–H and O–H groups in total. The van der Waals surface area contributed by atoms with Crippen molar-refractivity contribution in [1.82, 2.24) is 19.7 Å². The van der Waals surface area contributed by atoms with Crippen molar-refractivity contribution in [2.45, 2.75) is 38.3 Å². The summed E-state index contributed by atoms with van der Waals surface area (Å²) in [5.41, 5.74) is 5.42. The summed E-state index contributed by atoms with van der Waals surface area (Å²) in [5, 5.41) is 4.03. The number of ether oxygens (including phenoxy) is 1. The van der Waals surface area contributed by atoms with Crippen LogP contribution in [0, 0.1) is 5.92 Å². The number of nitrogens with two attached hydrogens (primary N) is 1. The number of amides is 2. The van der Waals surface area contributed by atoms with Crippen molar-refractivity contribution in [3.05, 3.63) is 43.0 Å². The molecule has 2 atom stereocenters. The predicted molar refractivity (Wildman–Crippen MR) is 98.6 cm³/mol. The highest BCUT2D eigenvalue weighted by Gasteiger charge is 2.33. The van der Waals surface area contributed by atoms with Gasteiger partial charge in [-0.1, -0.05) is 18.2 Å². The van der Waals surface area contributed by atoms with E-state index < -0.39 is 0 Å². The average Bonchev–Trinajstić information content (AvgIpc) is 3.17. The third-order valence-electron chi connectivity index (χ3n) is 4.76. The van der Waals surface area contributed by atoms with E-state index >= 15 is 0 Å². The molecule has 2 aromatic rings. The fourth-order valence-electron chi connectivity index (χ4n) is 3.42. The predicted octanol–water partition coefficient (Wildman–Crippen LogP) is 1.23. The number of primary amides is 1. The van der Waals surface area contributed by atoms with Crippen LogP contribution in [-0.4, -0.2) is 50.7 Å². The zero-order chi connectivity index (χ0) is 19.1. The summed E-state index contributed by atoms with van der Waals surface area (Å²) in [4.78, 5) is 29.7. The number of likely N-dealkylation sites (tertiary alicyclic amines) is 1. The van der Waals surface area contributed by atoms with Gasteiger partial charge in [0.1, 0.15) is 24.5 Å². The number of carbonyl (C=O) groups is 2. The summed E-state index contributed by atoms with van der Waals surface area (Å²) in [6.07, 6.45) is 5.02. The van der Waals surface area contributed by atoms with Crippen molar-refractivity contribution >= 4 is 11.8 Å². The largest absolute Gasteiger partial charge is 0.490 e. The molecular formula is C19H25N5O3. The summed E-state index contributed by atoms with van der Waals surface area (Å²) in [5.74, 6) is 0.380. The Morgan fingerprint density at radius 3 is 2.78 bits per heavy atom. The minimum atomic E-state index is -0.373. The number of nitrogens with zero attached hydrogens (tertiary/aromatic N) is 4. The highest BCUT2D eigenvalue weighted by atomic mass is 16.5. The molecule has 0 aliphatic carbocycles. The van der Waals surface area contributed by atoms with Crippen molar-refractivity contribution < 1.29 is 14.3 Å². The summed E-state index contributed by atoms with van der Waals surface area (Å²) in [6, 6.07) is 9.53. The molecule has 2 heterocycles. The molecule has 3 rings (SSSR count). The molecule has 0 bridgehead atoms. The van der Waals surface area contributed by atoms with Crippen LogP contribution in [0.25, 0.3) is 0 Å². The van der Waals surface area contributed by atoms with Gasteiger partial charge in [-0.2, -0.15) is 5.10 Å². The van der Waals surface area contributed by atoms with Gasteiger partial charge in [-0.3, -0.25) is 14.3 Å². The molecule has 8 nitrogen and oxygen atoms in total. The molecule has 1 aromatic heterocycles. The monoisotopic (exact) mass is 371 g/mol. The molecule has 27 heavy (non-hydrogen) atoms. The van der Waals surface area contributed by atoms with E-state index in [0.717, 1.165) is 5.75 Å². The fraction of sp³-hybridized carbons (Fsp3) is 0.474. The Labute approximate surface area is 158 Å². The van der Waals surface area contributed by atoms with Crippen LogP contribution in [0.15, 0.2) is 43.0 Å². The maximum Gasteiger partial charge on any atom is 0.222 e. The minimum absolute atomic E-state index is 0.0859. The average molecular weight is 371 g/mol. The molecule has 8 heteroatoms. The van der Waals surface area contributed by atoms with Gasteiger partial charge in [0, 0.05) is 44.8 Å². The Hall–Kier alpha value is -2.90. The van der Waals surface area contributed by atoms with Crippen molar-refractivity contribution in [3.63, 3.8) is 0 Å². The number of aryl methyl sites for hydroxylation is 1. The molecule has 1 aliphatic rings. The zero-order valence-electron chi connectivity index (χ0n) is 15.2. The van der Waals surface area contributed by atoms with E-state index in [9.17, 15) is 9.59 Å². The lowest BCUT2D eigenvalue weighted by atomic mass is 9.91. The second kappa shape index (κ2) is 9.16. The second-order valence-corrected chi connectivity index (χ2v) is 6.79. The number of aromatic nitrogens is 3. The molecule has 0 saturated carbocycles. The first-order valence-electron chi connectivity index (χ1n) is 9.22. The lowest BCUT2D eigenvalue weighted by Crippen LogP contribution is -2.49. The Bertz CT molecular complexity index is 735. The van der Waals surface area contributed by atoms with Crippen molar-refractivity contribution in [3.8, 4) is 5.75 Å². The first-order valence-corrected chi connectivity index (χ1v) is 9.22. The number of para-hydroxylation sites is 1. The van der Waals surface area contributed by atoms with Gasteiger partial charge in [0.05, 0.1) is 0 Å². The van der Waals surface area contributed by atoms with Gasteiger partial charge in [0.2, 0.25) is 11.8 Å². The van der Waals surface area contributed by atoms with Gasteiger partial charge in [-0.15, -0.1) is 0 Å². The Kier molecular flexibility index (Phi) is 6.40. The second-order valence-electron chi connectivity index (χ2n) is 6.79. The number of carbonyl (C=O) groups excluding carboxylic acids is 2. The SMILES string of the molecule is NC(=O)C[C@H]1CN(C(=O)CCCn2cncn2)CC[C@@H]1Oc1ccccc1. The minimum Gasteiger partial charge on any atom is -0.490 e. The lowest BCUT2D eigenvalue weighted by molar-refractivity contribution is -0.136. The van der Waals surface area contributed by atoms with E-state index in [1.165, 1.54) is 6.33 Å². The number of hydrogen-bond donors (Lipinski definition) is 1. The Balaban J connectivity index is 1.54. The van der Waals surface area contributed by atoms with E-state index in [0.29, 0.717) is 38.9 Å². The summed E-state index contributed by atoms with van der Waals surface area (Å²) < 4.78 is 7.77. The highest BCUT2D eigenvalue weighted by molar-refractivity contribution is 5.77. The standard InChI is InChI=1S/C19H25N5O3/c20-18(25)11-15-12-23(19(26)7-4-9-24-14-21-13-22-24)10-8-17(15)27-16-5-2-1-3-6-16/h1-3,5-6,13-15,17H,4,7-12H2,(H2,20,25)/t15-,17-/m0/s1. The van der Waals surface area contributed by atoms with Crippen molar-refractivity contribution in [1.29, 1.82) is 0 Å². The van der Waals surface area contributed by atoms with Crippen LogP contribution in [0.1, 0.15) is 25.7 Å². The number of hydrogen-bond acceptors (Lipinski definition) is 5. The Morgan fingerprint density at radius 2 is 2.07 bits per heavy atom. The van der Waals surface area contributed by atoms with Gasteiger partial charge in [0.25, 0.3) is 0 Å². The van der Waals surface area contributed by atoms with Gasteiger partial charge < -0.3 is 15.4 Å². The molecule has 0 spiro atoms. The first-order chi connectivity index (χ1) is 13.1. The Morgan fingerprint density at radius 1 is 1.26 bits per heavy atom. The summed E-state index contributed by atoms with van der Waals surface area (Å²) >= 11 is 0. The number of benzene rings is 1. The first kappa shape index (κ1) is 18.9. The van der Waals surface area contributed by atoms with Crippen molar-refractivity contribution in [2.24, 2.45) is 11.7 Å². The van der Waals surface area contributed by atoms with Crippen LogP contribution < -0.4 is 10.5 Å². The van der Waals surface area contributed by atoms with Crippen LogP contribution in [0.4, 0.5) is 0 Å². The van der Waals surface area contributed by atoms with Gasteiger partial charge >= 0.3 is 0 Å². The van der Waals surface area contributed by atoms with Crippen LogP contribution in [-0.2, 0) is 16.1 Å². The van der Waals surface area contributed by atoms with Gasteiger partial charge in [-0.05, 0) is 18.6 Å². The van der Waals surface area contributed by atoms with Gasteiger partial charge in [0.15, 0.2) is 0 Å². The molecule has 1 aliphatic heterocycles. The smallest absolute Gasteiger partial charge is 0.222 e. The summed E-state index contributed by atoms with van der Waals surface area (Å²) in [6.45, 7) is 1.77. The molecule has 0 unspecified atom stereocenters. The third-order valence-corrected chi connectivity index (χ3v) is 4.76. The van der Waals surface area contributed by atoms with Crippen LogP contribution in [0.3, 0.4) is 0 Å². The van der Waals surface area contributed by atoms with Crippen LogP contribution >= 0.6 is 0 Å². The van der Waals surface area contributed by atoms with E-state index in [1.807, 2.05) is 35.2 Å². The molecule has 2 amide bonds. The zero-order valence-corrected chi connectivity index (χ0v) is 15.2. The number of rotatable bonds is 8. The molecular weight excluding hydrogens is 346 g/mol.